The van der Waals surface area contributed by atoms with Crippen LogP contribution >= 0.6 is 0 Å². The molecule has 4 aromatic rings. The standard InChI is InChI=1S/C24H23FN6O/c1-14-11-18-17(22(26)32)7-3-9-20(18)31(14)24-29-19-8-4-10-27-21(19)23(30-24)28-13-15-5-2-6-16(25)12-15/h2-3,5-7,9,11-12,27H,4,8,10,13H2,1H3,(H2,26,32)(H,28,29,30). The molecule has 8 heteroatoms. The van der Waals surface area contributed by atoms with Crippen LogP contribution in [0.2, 0.25) is 0 Å². The number of rotatable bonds is 5. The lowest BCUT2D eigenvalue weighted by Crippen LogP contribution is -2.19. The SMILES string of the molecule is Cc1cc2c(C(N)=O)cccc2n1-c1nc2c(c(NCc3cccc(F)c3)n1)NCCC2. The number of aryl methyl sites for hydroxylation is 2. The van der Waals surface area contributed by atoms with Gasteiger partial charge in [0.2, 0.25) is 11.9 Å². The number of amides is 1. The first-order chi connectivity index (χ1) is 15.5. The molecule has 0 atom stereocenters. The summed E-state index contributed by atoms with van der Waals surface area (Å²) in [6.45, 7) is 3.23. The van der Waals surface area contributed by atoms with Gasteiger partial charge < -0.3 is 16.4 Å². The molecule has 0 spiro atoms. The molecular weight excluding hydrogens is 407 g/mol. The van der Waals surface area contributed by atoms with E-state index in [9.17, 15) is 9.18 Å². The molecule has 32 heavy (non-hydrogen) atoms. The summed E-state index contributed by atoms with van der Waals surface area (Å²) < 4.78 is 15.5. The summed E-state index contributed by atoms with van der Waals surface area (Å²) in [4.78, 5) is 21.6. The number of carbonyl (C=O) groups excluding carboxylic acids is 1. The molecule has 1 aliphatic rings. The third kappa shape index (κ3) is 3.53. The molecule has 0 radical (unpaired) electrons. The van der Waals surface area contributed by atoms with E-state index < -0.39 is 5.91 Å². The van der Waals surface area contributed by atoms with Crippen LogP contribution in [0.3, 0.4) is 0 Å². The van der Waals surface area contributed by atoms with Gasteiger partial charge in [-0.3, -0.25) is 9.36 Å². The van der Waals surface area contributed by atoms with Crippen LogP contribution in [0.1, 0.15) is 33.7 Å². The van der Waals surface area contributed by atoms with Crippen molar-refractivity contribution < 1.29 is 9.18 Å². The maximum absolute atomic E-state index is 13.6. The second-order valence-corrected chi connectivity index (χ2v) is 7.93. The predicted octanol–water partition coefficient (Wildman–Crippen LogP) is 3.94. The zero-order valence-electron chi connectivity index (χ0n) is 17.7. The van der Waals surface area contributed by atoms with E-state index in [2.05, 4.69) is 10.6 Å². The number of hydrogen-bond acceptors (Lipinski definition) is 5. The third-order valence-electron chi connectivity index (χ3n) is 5.71. The van der Waals surface area contributed by atoms with Crippen molar-refractivity contribution in [2.45, 2.75) is 26.3 Å². The Morgan fingerprint density at radius 2 is 2.06 bits per heavy atom. The van der Waals surface area contributed by atoms with Crippen LogP contribution in [0.4, 0.5) is 15.9 Å². The number of anilines is 2. The van der Waals surface area contributed by atoms with Gasteiger partial charge in [-0.15, -0.1) is 0 Å². The Morgan fingerprint density at radius 1 is 1.22 bits per heavy atom. The van der Waals surface area contributed by atoms with Crippen molar-refractivity contribution in [1.29, 1.82) is 0 Å². The van der Waals surface area contributed by atoms with E-state index in [4.69, 9.17) is 15.7 Å². The summed E-state index contributed by atoms with van der Waals surface area (Å²) in [7, 11) is 0. The van der Waals surface area contributed by atoms with E-state index in [1.54, 1.807) is 18.2 Å². The molecular formula is C24H23FN6O. The molecule has 1 amide bonds. The molecule has 5 rings (SSSR count). The number of carbonyl (C=O) groups is 1. The first kappa shape index (κ1) is 20.0. The monoisotopic (exact) mass is 430 g/mol. The molecule has 3 heterocycles. The van der Waals surface area contributed by atoms with Gasteiger partial charge in [0.1, 0.15) is 5.82 Å². The fourth-order valence-electron chi connectivity index (χ4n) is 4.23. The maximum atomic E-state index is 13.6. The summed E-state index contributed by atoms with van der Waals surface area (Å²) in [5.41, 5.74) is 10.4. The van der Waals surface area contributed by atoms with Crippen molar-refractivity contribution in [3.8, 4) is 5.95 Å². The second kappa shape index (κ2) is 7.96. The second-order valence-electron chi connectivity index (χ2n) is 7.93. The number of nitrogens with zero attached hydrogens (tertiary/aromatic N) is 3. The number of nitrogens with two attached hydrogens (primary N) is 1. The Morgan fingerprint density at radius 3 is 2.88 bits per heavy atom. The van der Waals surface area contributed by atoms with Crippen molar-refractivity contribution in [3.63, 3.8) is 0 Å². The minimum atomic E-state index is -0.472. The van der Waals surface area contributed by atoms with E-state index in [-0.39, 0.29) is 5.82 Å². The fraction of sp³-hybridized carbons (Fsp3) is 0.208. The lowest BCUT2D eigenvalue weighted by Gasteiger charge is -2.22. The summed E-state index contributed by atoms with van der Waals surface area (Å²) in [5, 5.41) is 7.51. The van der Waals surface area contributed by atoms with Gasteiger partial charge in [0.25, 0.3) is 0 Å². The highest BCUT2D eigenvalue weighted by atomic mass is 19.1. The number of primary amides is 1. The van der Waals surface area contributed by atoms with E-state index in [1.165, 1.54) is 12.1 Å². The predicted molar refractivity (Wildman–Crippen MR) is 123 cm³/mol. The highest BCUT2D eigenvalue weighted by Gasteiger charge is 2.21. The van der Waals surface area contributed by atoms with Gasteiger partial charge >= 0.3 is 0 Å². The average molecular weight is 430 g/mol. The third-order valence-corrected chi connectivity index (χ3v) is 5.71. The molecule has 0 unspecified atom stereocenters. The first-order valence-electron chi connectivity index (χ1n) is 10.6. The quantitative estimate of drug-likeness (QED) is 0.446. The molecule has 0 aliphatic carbocycles. The molecule has 0 saturated carbocycles. The Labute approximate surface area is 184 Å². The van der Waals surface area contributed by atoms with Crippen LogP contribution in [0, 0.1) is 12.7 Å². The first-order valence-corrected chi connectivity index (χ1v) is 10.6. The van der Waals surface area contributed by atoms with Crippen molar-refractivity contribution in [2.24, 2.45) is 5.73 Å². The van der Waals surface area contributed by atoms with Crippen LogP contribution in [0.25, 0.3) is 16.9 Å². The zero-order valence-corrected chi connectivity index (χ0v) is 17.7. The molecule has 2 aromatic carbocycles. The lowest BCUT2D eigenvalue weighted by molar-refractivity contribution is 0.100. The highest BCUT2D eigenvalue weighted by molar-refractivity contribution is 6.06. The minimum Gasteiger partial charge on any atom is -0.381 e. The van der Waals surface area contributed by atoms with Gasteiger partial charge in [-0.1, -0.05) is 18.2 Å². The van der Waals surface area contributed by atoms with Crippen molar-refractivity contribution in [3.05, 3.63) is 76.9 Å². The summed E-state index contributed by atoms with van der Waals surface area (Å²) in [5.74, 6) is 0.442. The zero-order chi connectivity index (χ0) is 22.2. The summed E-state index contributed by atoms with van der Waals surface area (Å²) >= 11 is 0. The Kier molecular flexibility index (Phi) is 4.97. The van der Waals surface area contributed by atoms with Gasteiger partial charge in [0, 0.05) is 29.7 Å². The molecule has 0 fully saturated rings. The summed E-state index contributed by atoms with van der Waals surface area (Å²) in [6, 6.07) is 13.9. The van der Waals surface area contributed by atoms with Crippen molar-refractivity contribution in [2.75, 3.05) is 17.2 Å². The number of nitrogens with one attached hydrogen (secondary N) is 2. The molecule has 0 saturated heterocycles. The van der Waals surface area contributed by atoms with Crippen LogP contribution in [0.15, 0.2) is 48.5 Å². The normalized spacial score (nSPS) is 12.9. The maximum Gasteiger partial charge on any atom is 0.249 e. The Bertz CT molecular complexity index is 1350. The van der Waals surface area contributed by atoms with E-state index >= 15 is 0 Å². The molecule has 162 valence electrons. The molecule has 1 aliphatic heterocycles. The van der Waals surface area contributed by atoms with E-state index in [1.807, 2.05) is 29.7 Å². The van der Waals surface area contributed by atoms with Crippen molar-refractivity contribution >= 4 is 28.3 Å². The van der Waals surface area contributed by atoms with Gasteiger partial charge in [0.15, 0.2) is 5.82 Å². The van der Waals surface area contributed by atoms with Crippen LogP contribution in [0.5, 0.6) is 0 Å². The molecule has 0 bridgehead atoms. The number of hydrogen-bond donors (Lipinski definition) is 3. The van der Waals surface area contributed by atoms with Crippen molar-refractivity contribution in [1.82, 2.24) is 14.5 Å². The lowest BCUT2D eigenvalue weighted by atomic mass is 10.1. The van der Waals surface area contributed by atoms with Crippen LogP contribution < -0.4 is 16.4 Å². The fourth-order valence-corrected chi connectivity index (χ4v) is 4.23. The number of aromatic nitrogens is 3. The van der Waals surface area contributed by atoms with Crippen LogP contribution in [-0.4, -0.2) is 27.0 Å². The molecule has 7 nitrogen and oxygen atoms in total. The number of fused-ring (bicyclic) bond motifs is 2. The summed E-state index contributed by atoms with van der Waals surface area (Å²) in [6.07, 6.45) is 1.81. The van der Waals surface area contributed by atoms with Gasteiger partial charge in [-0.25, -0.2) is 9.37 Å². The highest BCUT2D eigenvalue weighted by Crippen LogP contribution is 2.31. The van der Waals surface area contributed by atoms with Gasteiger partial charge in [0.05, 0.1) is 16.9 Å². The molecule has 2 aromatic heterocycles. The van der Waals surface area contributed by atoms with Gasteiger partial charge in [-0.05, 0) is 55.7 Å². The Hall–Kier alpha value is -3.94. The Balaban J connectivity index is 1.61. The number of benzene rings is 2. The van der Waals surface area contributed by atoms with E-state index in [0.717, 1.165) is 52.9 Å². The van der Waals surface area contributed by atoms with E-state index in [0.29, 0.717) is 23.9 Å². The topological polar surface area (TPSA) is 97.9 Å². The minimum absolute atomic E-state index is 0.271. The molecule has 4 N–H and O–H groups in total. The van der Waals surface area contributed by atoms with Crippen LogP contribution in [-0.2, 0) is 13.0 Å². The smallest absolute Gasteiger partial charge is 0.249 e. The largest absolute Gasteiger partial charge is 0.381 e. The number of halogens is 1. The van der Waals surface area contributed by atoms with Gasteiger partial charge in [-0.2, -0.15) is 4.98 Å². The average Bonchev–Trinajstić information content (AvgIpc) is 3.13.